The van der Waals surface area contributed by atoms with Crippen LogP contribution in [-0.2, 0) is 0 Å². The van der Waals surface area contributed by atoms with Gasteiger partial charge in [0.15, 0.2) is 0 Å². The maximum Gasteiger partial charge on any atom is 1.00 e. The molecule has 2 heterocycles. The number of carbonyl (C=O) groups excluding carboxylic acids is 1. The summed E-state index contributed by atoms with van der Waals surface area (Å²) in [6.07, 6.45) is 1.60. The number of carboxylic acid groups (broad SMARTS) is 1. The third kappa shape index (κ3) is 6.05. The number of hydrogen-bond acceptors (Lipinski definition) is 5. The summed E-state index contributed by atoms with van der Waals surface area (Å²) in [5.41, 5.74) is 5.54. The quantitative estimate of drug-likeness (QED) is 0.640. The standard InChI is InChI=1S/C5H5ClN2.C5H4O2S.Na/c6-4-2-1-3-8-5(4)7;6-5(7)4-1-2-8-3-4;/h1-3H,(H2,7,8);1-3H,(H,6,7);/q;;+1/p-1. The van der Waals surface area contributed by atoms with Crippen molar-refractivity contribution in [2.75, 3.05) is 5.73 Å². The third-order valence-corrected chi connectivity index (χ3v) is 2.55. The maximum atomic E-state index is 9.96. The van der Waals surface area contributed by atoms with Crippen LogP contribution in [0, 0.1) is 0 Å². The number of hydrogen-bond donors (Lipinski definition) is 1. The molecule has 0 saturated heterocycles. The Balaban J connectivity index is 0.000000284. The number of rotatable bonds is 1. The van der Waals surface area contributed by atoms with Crippen molar-refractivity contribution < 1.29 is 39.5 Å². The van der Waals surface area contributed by atoms with Crippen molar-refractivity contribution in [2.24, 2.45) is 0 Å². The second-order valence-electron chi connectivity index (χ2n) is 2.67. The minimum Gasteiger partial charge on any atom is -0.545 e. The van der Waals surface area contributed by atoms with Crippen LogP contribution >= 0.6 is 22.9 Å². The van der Waals surface area contributed by atoms with Crippen molar-refractivity contribution in [1.29, 1.82) is 0 Å². The number of nitrogen functional groups attached to an aromatic ring is 1. The Labute approximate surface area is 130 Å². The smallest absolute Gasteiger partial charge is 0.545 e. The molecule has 0 aliphatic rings. The second-order valence-corrected chi connectivity index (χ2v) is 3.86. The first kappa shape index (κ1) is 16.4. The summed E-state index contributed by atoms with van der Waals surface area (Å²) in [7, 11) is 0. The van der Waals surface area contributed by atoms with E-state index in [1.807, 2.05) is 0 Å². The number of nitrogens with two attached hydrogens (primary N) is 1. The molecule has 0 spiro atoms. The molecule has 2 aromatic heterocycles. The molecule has 17 heavy (non-hydrogen) atoms. The zero-order valence-electron chi connectivity index (χ0n) is 9.09. The molecule has 2 N–H and O–H groups in total. The topological polar surface area (TPSA) is 79.0 Å². The van der Waals surface area contributed by atoms with E-state index in [0.717, 1.165) is 0 Å². The van der Waals surface area contributed by atoms with E-state index in [9.17, 15) is 9.90 Å². The minimum absolute atomic E-state index is 0. The molecule has 0 radical (unpaired) electrons. The molecular formula is C10H8ClN2NaO2S. The second kappa shape index (κ2) is 8.49. The van der Waals surface area contributed by atoms with Gasteiger partial charge in [0.25, 0.3) is 0 Å². The first-order chi connectivity index (χ1) is 7.61. The van der Waals surface area contributed by atoms with Crippen LogP contribution in [0.4, 0.5) is 5.82 Å². The Morgan fingerprint density at radius 2 is 2.18 bits per heavy atom. The van der Waals surface area contributed by atoms with Gasteiger partial charge in [-0.1, -0.05) is 11.6 Å². The molecular weight excluding hydrogens is 271 g/mol. The fourth-order valence-corrected chi connectivity index (χ4v) is 1.53. The summed E-state index contributed by atoms with van der Waals surface area (Å²) >= 11 is 6.87. The largest absolute Gasteiger partial charge is 1.00 e. The van der Waals surface area contributed by atoms with Crippen molar-refractivity contribution in [1.82, 2.24) is 4.98 Å². The molecule has 0 unspecified atom stereocenters. The van der Waals surface area contributed by atoms with Gasteiger partial charge >= 0.3 is 29.6 Å². The van der Waals surface area contributed by atoms with Crippen molar-refractivity contribution in [3.8, 4) is 0 Å². The van der Waals surface area contributed by atoms with Crippen LogP contribution in [-0.4, -0.2) is 11.0 Å². The van der Waals surface area contributed by atoms with Gasteiger partial charge in [0.2, 0.25) is 0 Å². The zero-order valence-corrected chi connectivity index (χ0v) is 12.7. The van der Waals surface area contributed by atoms with Crippen LogP contribution in [0.2, 0.25) is 5.02 Å². The summed E-state index contributed by atoms with van der Waals surface area (Å²) in [4.78, 5) is 13.7. The van der Waals surface area contributed by atoms with E-state index in [-0.39, 0.29) is 35.1 Å². The summed E-state index contributed by atoms with van der Waals surface area (Å²) in [5.74, 6) is -0.722. The number of nitrogens with zero attached hydrogens (tertiary/aromatic N) is 1. The Bertz CT molecular complexity index is 444. The van der Waals surface area contributed by atoms with Crippen molar-refractivity contribution >= 4 is 34.7 Å². The molecule has 0 saturated carbocycles. The predicted octanol–water partition coefficient (Wildman–Crippen LogP) is -1.57. The van der Waals surface area contributed by atoms with Gasteiger partial charge in [-0.05, 0) is 29.0 Å². The number of carboxylic acids is 1. The third-order valence-electron chi connectivity index (χ3n) is 1.54. The Morgan fingerprint density at radius 1 is 1.47 bits per heavy atom. The number of carbonyl (C=O) groups is 1. The molecule has 2 rings (SSSR count). The molecule has 0 amide bonds. The van der Waals surface area contributed by atoms with E-state index in [4.69, 9.17) is 17.3 Å². The molecule has 0 aromatic carbocycles. The molecule has 2 aromatic rings. The van der Waals surface area contributed by atoms with Gasteiger partial charge in [0, 0.05) is 11.8 Å². The number of halogens is 1. The minimum atomic E-state index is -1.11. The van der Waals surface area contributed by atoms with Gasteiger partial charge in [-0.2, -0.15) is 11.3 Å². The fraction of sp³-hybridized carbons (Fsp3) is 0. The molecule has 0 bridgehead atoms. The van der Waals surface area contributed by atoms with Gasteiger partial charge in [-0.3, -0.25) is 0 Å². The summed E-state index contributed by atoms with van der Waals surface area (Å²) in [6.45, 7) is 0. The van der Waals surface area contributed by atoms with Gasteiger partial charge < -0.3 is 15.6 Å². The fourth-order valence-electron chi connectivity index (χ4n) is 0.779. The van der Waals surface area contributed by atoms with E-state index in [0.29, 0.717) is 10.8 Å². The summed E-state index contributed by atoms with van der Waals surface area (Å²) in [5, 5.41) is 13.7. The van der Waals surface area contributed by atoms with E-state index < -0.39 is 5.97 Å². The molecule has 0 aliphatic heterocycles. The predicted molar refractivity (Wildman–Crippen MR) is 62.3 cm³/mol. The number of aromatic nitrogens is 1. The van der Waals surface area contributed by atoms with Crippen LogP contribution in [0.25, 0.3) is 0 Å². The average Bonchev–Trinajstić information content (AvgIpc) is 2.77. The average molecular weight is 279 g/mol. The molecule has 0 aliphatic carbocycles. The molecule has 0 fully saturated rings. The van der Waals surface area contributed by atoms with Crippen LogP contribution in [0.5, 0.6) is 0 Å². The van der Waals surface area contributed by atoms with E-state index in [2.05, 4.69) is 4.98 Å². The Hall–Kier alpha value is -0.590. The Morgan fingerprint density at radius 3 is 2.47 bits per heavy atom. The number of thiophene rings is 1. The first-order valence-electron chi connectivity index (χ1n) is 4.21. The van der Waals surface area contributed by atoms with Crippen molar-refractivity contribution in [3.63, 3.8) is 0 Å². The molecule has 7 heteroatoms. The molecule has 84 valence electrons. The van der Waals surface area contributed by atoms with Gasteiger partial charge in [0.05, 0.1) is 11.0 Å². The van der Waals surface area contributed by atoms with E-state index in [1.54, 1.807) is 23.7 Å². The first-order valence-corrected chi connectivity index (χ1v) is 5.53. The van der Waals surface area contributed by atoms with Gasteiger partial charge in [-0.15, -0.1) is 0 Å². The summed E-state index contributed by atoms with van der Waals surface area (Å²) < 4.78 is 0. The van der Waals surface area contributed by atoms with Crippen LogP contribution in [0.15, 0.2) is 35.2 Å². The van der Waals surface area contributed by atoms with Crippen molar-refractivity contribution in [3.05, 3.63) is 45.7 Å². The van der Waals surface area contributed by atoms with Crippen LogP contribution in [0.3, 0.4) is 0 Å². The van der Waals surface area contributed by atoms with Gasteiger partial charge in [0.1, 0.15) is 5.82 Å². The summed E-state index contributed by atoms with van der Waals surface area (Å²) in [6, 6.07) is 4.95. The number of aromatic carboxylic acids is 1. The van der Waals surface area contributed by atoms with Crippen LogP contribution < -0.4 is 40.4 Å². The number of pyridine rings is 1. The monoisotopic (exact) mass is 278 g/mol. The molecule has 4 nitrogen and oxygen atoms in total. The zero-order chi connectivity index (χ0) is 12.0. The molecule has 0 atom stereocenters. The van der Waals surface area contributed by atoms with E-state index in [1.165, 1.54) is 22.8 Å². The van der Waals surface area contributed by atoms with Crippen molar-refractivity contribution in [2.45, 2.75) is 0 Å². The van der Waals surface area contributed by atoms with E-state index >= 15 is 0 Å². The normalized spacial score (nSPS) is 8.53. The number of anilines is 1. The maximum absolute atomic E-state index is 9.96. The van der Waals surface area contributed by atoms with Crippen LogP contribution in [0.1, 0.15) is 10.4 Å². The SMILES string of the molecule is Nc1ncccc1Cl.O=C([O-])c1ccsc1.[Na+]. The van der Waals surface area contributed by atoms with Gasteiger partial charge in [-0.25, -0.2) is 4.98 Å². The Kier molecular flexibility index (Phi) is 8.20.